The molecule has 4 heteroatoms. The van der Waals surface area contributed by atoms with E-state index in [-0.39, 0.29) is 6.61 Å². The molecule has 0 aliphatic heterocycles. The number of hydrogen-bond acceptors (Lipinski definition) is 3. The second-order valence-electron chi connectivity index (χ2n) is 4.90. The second kappa shape index (κ2) is 6.50. The maximum absolute atomic E-state index is 12.3. The van der Waals surface area contributed by atoms with Gasteiger partial charge in [0, 0.05) is 11.6 Å². The second-order valence-corrected chi connectivity index (χ2v) is 4.90. The average Bonchev–Trinajstić information content (AvgIpc) is 2.53. The standard InChI is InChI=1S/C17H19NO3/c1-3-12-6-5-7-13(4-2)17(12)16-8-14(10-19)15(11-20)9-18(16)21/h5-10,20H,3-4,11H2,1-2H3. The third kappa shape index (κ3) is 2.81. The summed E-state index contributed by atoms with van der Waals surface area (Å²) in [5, 5.41) is 21.5. The van der Waals surface area contributed by atoms with Crippen LogP contribution in [0.25, 0.3) is 11.3 Å². The first-order valence-corrected chi connectivity index (χ1v) is 7.09. The molecular weight excluding hydrogens is 266 g/mol. The van der Waals surface area contributed by atoms with Crippen LogP contribution < -0.4 is 4.73 Å². The van der Waals surface area contributed by atoms with Crippen LogP contribution in [0.15, 0.2) is 30.5 Å². The number of aromatic nitrogens is 1. The zero-order valence-corrected chi connectivity index (χ0v) is 12.3. The molecule has 2 rings (SSSR count). The Hall–Kier alpha value is -2.20. The van der Waals surface area contributed by atoms with Gasteiger partial charge in [-0.1, -0.05) is 32.0 Å². The van der Waals surface area contributed by atoms with Crippen molar-refractivity contribution in [2.24, 2.45) is 0 Å². The fourth-order valence-corrected chi connectivity index (χ4v) is 2.58. The van der Waals surface area contributed by atoms with Gasteiger partial charge in [-0.3, -0.25) is 4.79 Å². The van der Waals surface area contributed by atoms with Gasteiger partial charge in [0.25, 0.3) is 0 Å². The first kappa shape index (κ1) is 15.2. The van der Waals surface area contributed by atoms with Crippen LogP contribution in [0.5, 0.6) is 0 Å². The van der Waals surface area contributed by atoms with Gasteiger partial charge in [-0.05, 0) is 24.0 Å². The molecule has 2 aromatic rings. The fourth-order valence-electron chi connectivity index (χ4n) is 2.58. The Kier molecular flexibility index (Phi) is 4.70. The molecule has 21 heavy (non-hydrogen) atoms. The van der Waals surface area contributed by atoms with Crippen LogP contribution in [-0.2, 0) is 19.4 Å². The van der Waals surface area contributed by atoms with E-state index in [4.69, 9.17) is 0 Å². The topological polar surface area (TPSA) is 64.2 Å². The maximum Gasteiger partial charge on any atom is 0.225 e. The van der Waals surface area contributed by atoms with E-state index in [0.717, 1.165) is 34.3 Å². The quantitative estimate of drug-likeness (QED) is 0.521. The Morgan fingerprint density at radius 1 is 1.19 bits per heavy atom. The predicted molar refractivity (Wildman–Crippen MR) is 80.9 cm³/mol. The number of carbonyl (C=O) groups excluding carboxylic acids is 1. The minimum absolute atomic E-state index is 0.327. The molecule has 110 valence electrons. The molecule has 0 spiro atoms. The summed E-state index contributed by atoms with van der Waals surface area (Å²) in [6.45, 7) is 3.75. The largest absolute Gasteiger partial charge is 0.618 e. The number of carbonyl (C=O) groups is 1. The van der Waals surface area contributed by atoms with E-state index in [9.17, 15) is 15.1 Å². The van der Waals surface area contributed by atoms with E-state index >= 15 is 0 Å². The summed E-state index contributed by atoms with van der Waals surface area (Å²) < 4.78 is 0.742. The Balaban J connectivity index is 2.75. The van der Waals surface area contributed by atoms with Crippen LogP contribution in [0.2, 0.25) is 0 Å². The summed E-state index contributed by atoms with van der Waals surface area (Å²) >= 11 is 0. The van der Waals surface area contributed by atoms with Crippen LogP contribution in [0, 0.1) is 5.21 Å². The lowest BCUT2D eigenvalue weighted by atomic mass is 9.93. The molecule has 1 heterocycles. The van der Waals surface area contributed by atoms with Crippen molar-refractivity contribution < 1.29 is 14.6 Å². The first-order chi connectivity index (χ1) is 10.2. The van der Waals surface area contributed by atoms with E-state index in [2.05, 4.69) is 0 Å². The normalized spacial score (nSPS) is 10.6. The molecule has 1 aromatic heterocycles. The van der Waals surface area contributed by atoms with Crippen molar-refractivity contribution in [3.05, 3.63) is 57.9 Å². The van der Waals surface area contributed by atoms with Crippen molar-refractivity contribution in [2.45, 2.75) is 33.3 Å². The molecule has 0 fully saturated rings. The Morgan fingerprint density at radius 2 is 1.81 bits per heavy atom. The van der Waals surface area contributed by atoms with Crippen molar-refractivity contribution >= 4 is 6.29 Å². The van der Waals surface area contributed by atoms with Crippen molar-refractivity contribution in [3.63, 3.8) is 0 Å². The van der Waals surface area contributed by atoms with Crippen LogP contribution in [0.1, 0.15) is 40.9 Å². The lowest BCUT2D eigenvalue weighted by Crippen LogP contribution is -2.31. The van der Waals surface area contributed by atoms with Gasteiger partial charge in [-0.25, -0.2) is 0 Å². The van der Waals surface area contributed by atoms with Gasteiger partial charge in [-0.2, -0.15) is 4.73 Å². The lowest BCUT2D eigenvalue weighted by Gasteiger charge is -2.14. The minimum Gasteiger partial charge on any atom is -0.618 e. The summed E-state index contributed by atoms with van der Waals surface area (Å²) in [6, 6.07) is 7.54. The third-order valence-electron chi connectivity index (χ3n) is 3.73. The summed E-state index contributed by atoms with van der Waals surface area (Å²) in [7, 11) is 0. The van der Waals surface area contributed by atoms with Crippen LogP contribution in [0.3, 0.4) is 0 Å². The number of aldehydes is 1. The predicted octanol–water partition coefficient (Wildman–Crippen LogP) is 2.42. The molecule has 0 atom stereocenters. The van der Waals surface area contributed by atoms with Crippen LogP contribution in [0.4, 0.5) is 0 Å². The van der Waals surface area contributed by atoms with Gasteiger partial charge in [0.2, 0.25) is 5.69 Å². The highest BCUT2D eigenvalue weighted by atomic mass is 16.5. The molecule has 0 radical (unpaired) electrons. The Morgan fingerprint density at radius 3 is 2.29 bits per heavy atom. The number of nitrogens with zero attached hydrogens (tertiary/aromatic N) is 1. The molecule has 1 aromatic carbocycles. The van der Waals surface area contributed by atoms with Crippen LogP contribution in [-0.4, -0.2) is 11.4 Å². The van der Waals surface area contributed by atoms with Crippen molar-refractivity contribution in [3.8, 4) is 11.3 Å². The molecule has 0 aliphatic carbocycles. The molecule has 0 saturated carbocycles. The first-order valence-electron chi connectivity index (χ1n) is 7.09. The van der Waals surface area contributed by atoms with E-state index in [1.54, 1.807) is 6.07 Å². The van der Waals surface area contributed by atoms with E-state index < -0.39 is 0 Å². The average molecular weight is 285 g/mol. The molecule has 0 bridgehead atoms. The van der Waals surface area contributed by atoms with Gasteiger partial charge in [0.05, 0.1) is 17.7 Å². The third-order valence-corrected chi connectivity index (χ3v) is 3.73. The van der Waals surface area contributed by atoms with Crippen molar-refractivity contribution in [1.82, 2.24) is 0 Å². The molecule has 0 unspecified atom stereocenters. The monoisotopic (exact) mass is 285 g/mol. The zero-order valence-electron chi connectivity index (χ0n) is 12.3. The lowest BCUT2D eigenvalue weighted by molar-refractivity contribution is -0.594. The molecule has 0 amide bonds. The highest BCUT2D eigenvalue weighted by Gasteiger charge is 2.19. The molecule has 1 N–H and O–H groups in total. The summed E-state index contributed by atoms with van der Waals surface area (Å²) in [6.07, 6.45) is 3.57. The molecule has 0 aliphatic rings. The SMILES string of the molecule is CCc1cccc(CC)c1-c1cc(C=O)c(CO)c[n+]1[O-]. The van der Waals surface area contributed by atoms with E-state index in [1.165, 1.54) is 6.20 Å². The van der Waals surface area contributed by atoms with Crippen molar-refractivity contribution in [1.29, 1.82) is 0 Å². The highest BCUT2D eigenvalue weighted by molar-refractivity contribution is 5.80. The number of aliphatic hydroxyl groups is 1. The fraction of sp³-hybridized carbons (Fsp3) is 0.294. The number of aliphatic hydroxyl groups excluding tert-OH is 1. The van der Waals surface area contributed by atoms with E-state index in [1.807, 2.05) is 32.0 Å². The van der Waals surface area contributed by atoms with Gasteiger partial charge in [0.15, 0.2) is 12.5 Å². The van der Waals surface area contributed by atoms with Gasteiger partial charge >= 0.3 is 0 Å². The number of benzene rings is 1. The Labute approximate surface area is 124 Å². The van der Waals surface area contributed by atoms with Gasteiger partial charge in [-0.15, -0.1) is 0 Å². The number of pyridine rings is 1. The van der Waals surface area contributed by atoms with Gasteiger partial charge < -0.3 is 10.3 Å². The maximum atomic E-state index is 12.3. The number of hydrogen-bond donors (Lipinski definition) is 1. The smallest absolute Gasteiger partial charge is 0.225 e. The number of rotatable bonds is 5. The van der Waals surface area contributed by atoms with Crippen LogP contribution >= 0.6 is 0 Å². The summed E-state index contributed by atoms with van der Waals surface area (Å²) in [4.78, 5) is 11.2. The highest BCUT2D eigenvalue weighted by Crippen LogP contribution is 2.27. The molecule has 4 nitrogen and oxygen atoms in total. The molecule has 0 saturated heterocycles. The Bertz CT molecular complexity index is 643. The summed E-state index contributed by atoms with van der Waals surface area (Å²) in [5.74, 6) is 0. The molecular formula is C17H19NO3. The summed E-state index contributed by atoms with van der Waals surface area (Å²) in [5.41, 5.74) is 4.21. The van der Waals surface area contributed by atoms with Crippen molar-refractivity contribution in [2.75, 3.05) is 0 Å². The van der Waals surface area contributed by atoms with Gasteiger partial charge in [0.1, 0.15) is 0 Å². The van der Waals surface area contributed by atoms with E-state index in [0.29, 0.717) is 23.1 Å². The number of aryl methyl sites for hydroxylation is 2. The zero-order chi connectivity index (χ0) is 15.4. The minimum atomic E-state index is -0.327.